The quantitative estimate of drug-likeness (QED) is 0.375. The first kappa shape index (κ1) is 23.5. The van der Waals surface area contributed by atoms with E-state index < -0.39 is 0 Å². The Morgan fingerprint density at radius 3 is 2.63 bits per heavy atom. The first-order valence-corrected chi connectivity index (χ1v) is 11.8. The minimum Gasteiger partial charge on any atom is -0.497 e. The molecule has 2 aliphatic heterocycles. The van der Waals surface area contributed by atoms with Crippen LogP contribution in [0.3, 0.4) is 0 Å². The molecular formula is C27H23Cl2NO5. The molecule has 0 amide bonds. The van der Waals surface area contributed by atoms with E-state index in [1.807, 2.05) is 25.1 Å². The van der Waals surface area contributed by atoms with Crippen LogP contribution in [0.15, 0.2) is 48.2 Å². The number of fused-ring (bicyclic) bond motifs is 2. The normalized spacial score (nSPS) is 15.9. The topological polar surface area (TPSA) is 57.2 Å². The molecule has 5 rings (SSSR count). The highest BCUT2D eigenvalue weighted by Gasteiger charge is 2.34. The van der Waals surface area contributed by atoms with Gasteiger partial charge in [0.15, 0.2) is 5.76 Å². The Hall–Kier alpha value is -3.19. The minimum absolute atomic E-state index is 0.186. The summed E-state index contributed by atoms with van der Waals surface area (Å²) >= 11 is 12.4. The number of rotatable bonds is 5. The lowest BCUT2D eigenvalue weighted by Crippen LogP contribution is -2.32. The molecule has 0 unspecified atom stereocenters. The summed E-state index contributed by atoms with van der Waals surface area (Å²) in [6.07, 6.45) is 1.68. The minimum atomic E-state index is -0.186. The highest BCUT2D eigenvalue weighted by Crippen LogP contribution is 2.44. The maximum absolute atomic E-state index is 13.3. The Balaban J connectivity index is 1.43. The van der Waals surface area contributed by atoms with Crippen molar-refractivity contribution in [3.63, 3.8) is 0 Å². The van der Waals surface area contributed by atoms with Gasteiger partial charge in [0, 0.05) is 39.8 Å². The molecule has 3 aromatic carbocycles. The zero-order valence-corrected chi connectivity index (χ0v) is 21.0. The van der Waals surface area contributed by atoms with Crippen LogP contribution in [0, 0.1) is 6.92 Å². The summed E-state index contributed by atoms with van der Waals surface area (Å²) in [5.74, 6) is 2.57. The van der Waals surface area contributed by atoms with E-state index in [0.29, 0.717) is 58.2 Å². The molecule has 0 atom stereocenters. The van der Waals surface area contributed by atoms with E-state index in [1.165, 1.54) is 0 Å². The number of carbonyl (C=O) groups excluding carboxylic acids is 1. The molecule has 0 fully saturated rings. The standard InChI is InChI=1S/C27H23Cl2NO5/c1-15-26-18(13-30(14-34-26)12-16-4-5-19(28)11-22(16)29)9-21-25(31)24(35-27(15)21)10-17-8-20(32-2)6-7-23(17)33-3/h4-11H,12-14H2,1-3H3/b24-10-. The van der Waals surface area contributed by atoms with E-state index in [9.17, 15) is 4.79 Å². The van der Waals surface area contributed by atoms with Gasteiger partial charge in [0.05, 0.1) is 19.8 Å². The monoisotopic (exact) mass is 511 g/mol. The second-order valence-electron chi connectivity index (χ2n) is 8.41. The molecule has 3 aromatic rings. The molecule has 0 aliphatic carbocycles. The van der Waals surface area contributed by atoms with Crippen LogP contribution in [0.25, 0.3) is 6.08 Å². The molecule has 8 heteroatoms. The molecule has 180 valence electrons. The fourth-order valence-electron chi connectivity index (χ4n) is 4.38. The largest absolute Gasteiger partial charge is 0.497 e. The van der Waals surface area contributed by atoms with Crippen LogP contribution < -0.4 is 18.9 Å². The van der Waals surface area contributed by atoms with Gasteiger partial charge >= 0.3 is 0 Å². The smallest absolute Gasteiger partial charge is 0.231 e. The molecule has 0 radical (unpaired) electrons. The number of benzene rings is 3. The van der Waals surface area contributed by atoms with Crippen molar-refractivity contribution < 1.29 is 23.7 Å². The molecule has 2 aliphatic rings. The van der Waals surface area contributed by atoms with Gasteiger partial charge in [-0.15, -0.1) is 0 Å². The van der Waals surface area contributed by atoms with Gasteiger partial charge in [0.2, 0.25) is 5.78 Å². The number of halogens is 2. The molecule has 0 aromatic heterocycles. The summed E-state index contributed by atoms with van der Waals surface area (Å²) in [5, 5.41) is 1.21. The van der Waals surface area contributed by atoms with Crippen molar-refractivity contribution in [2.75, 3.05) is 21.0 Å². The number of hydrogen-bond acceptors (Lipinski definition) is 6. The van der Waals surface area contributed by atoms with Crippen molar-refractivity contribution in [2.24, 2.45) is 0 Å². The van der Waals surface area contributed by atoms with Gasteiger partial charge in [-0.25, -0.2) is 0 Å². The molecule has 0 saturated carbocycles. The molecule has 2 heterocycles. The first-order valence-electron chi connectivity index (χ1n) is 11.0. The number of ketones is 1. The van der Waals surface area contributed by atoms with E-state index in [0.717, 1.165) is 22.4 Å². The number of methoxy groups -OCH3 is 2. The molecule has 6 nitrogen and oxygen atoms in total. The van der Waals surface area contributed by atoms with Crippen molar-refractivity contribution in [3.05, 3.63) is 86.1 Å². The van der Waals surface area contributed by atoms with Crippen LogP contribution >= 0.6 is 23.2 Å². The Labute approximate surface area is 213 Å². The summed E-state index contributed by atoms with van der Waals surface area (Å²) in [6.45, 7) is 3.50. The number of Topliss-reactive ketones (excluding diaryl/α,β-unsaturated/α-hetero) is 1. The Kier molecular flexibility index (Phi) is 6.36. The van der Waals surface area contributed by atoms with Gasteiger partial charge in [0.1, 0.15) is 29.7 Å². The van der Waals surface area contributed by atoms with Gasteiger partial charge < -0.3 is 18.9 Å². The summed E-state index contributed by atoms with van der Waals surface area (Å²) in [6, 6.07) is 12.7. The maximum Gasteiger partial charge on any atom is 0.231 e. The van der Waals surface area contributed by atoms with Gasteiger partial charge in [0.25, 0.3) is 0 Å². The summed E-state index contributed by atoms with van der Waals surface area (Å²) in [5.41, 5.74) is 3.89. The fourth-order valence-corrected chi connectivity index (χ4v) is 4.85. The molecule has 0 saturated heterocycles. The highest BCUT2D eigenvalue weighted by atomic mass is 35.5. The fraction of sp³-hybridized carbons (Fsp3) is 0.222. The lowest BCUT2D eigenvalue weighted by atomic mass is 9.99. The third kappa shape index (κ3) is 4.45. The third-order valence-electron chi connectivity index (χ3n) is 6.13. The molecule has 35 heavy (non-hydrogen) atoms. The molecular weight excluding hydrogens is 489 g/mol. The first-order chi connectivity index (χ1) is 16.9. The van der Waals surface area contributed by atoms with Crippen molar-refractivity contribution in [1.29, 1.82) is 0 Å². The van der Waals surface area contributed by atoms with Crippen molar-refractivity contribution in [3.8, 4) is 23.0 Å². The Morgan fingerprint density at radius 2 is 1.89 bits per heavy atom. The van der Waals surface area contributed by atoms with Gasteiger partial charge in [-0.2, -0.15) is 0 Å². The lowest BCUT2D eigenvalue weighted by molar-refractivity contribution is 0.0877. The van der Waals surface area contributed by atoms with Gasteiger partial charge in [-0.05, 0) is 55.0 Å². The lowest BCUT2D eigenvalue weighted by Gasteiger charge is -2.30. The summed E-state index contributed by atoms with van der Waals surface area (Å²) < 4.78 is 22.9. The highest BCUT2D eigenvalue weighted by molar-refractivity contribution is 6.35. The van der Waals surface area contributed by atoms with Gasteiger partial charge in [-0.1, -0.05) is 29.3 Å². The van der Waals surface area contributed by atoms with E-state index in [1.54, 1.807) is 44.6 Å². The van der Waals surface area contributed by atoms with Gasteiger partial charge in [-0.3, -0.25) is 9.69 Å². The van der Waals surface area contributed by atoms with Crippen LogP contribution in [0.5, 0.6) is 23.0 Å². The number of hydrogen-bond donors (Lipinski definition) is 0. The van der Waals surface area contributed by atoms with Crippen LogP contribution in [-0.2, 0) is 13.1 Å². The van der Waals surface area contributed by atoms with E-state index >= 15 is 0 Å². The average molecular weight is 512 g/mol. The van der Waals surface area contributed by atoms with E-state index in [4.69, 9.17) is 42.1 Å². The molecule has 0 N–H and O–H groups in total. The van der Waals surface area contributed by atoms with Crippen molar-refractivity contribution in [2.45, 2.75) is 20.0 Å². The second kappa shape index (κ2) is 9.46. The number of allylic oxidation sites excluding steroid dienone is 1. The van der Waals surface area contributed by atoms with Crippen LogP contribution in [-0.4, -0.2) is 31.6 Å². The van der Waals surface area contributed by atoms with Crippen LogP contribution in [0.1, 0.15) is 32.6 Å². The third-order valence-corrected chi connectivity index (χ3v) is 6.72. The zero-order chi connectivity index (χ0) is 24.7. The SMILES string of the molecule is COc1ccc(OC)c(/C=C2\Oc3c(cc4c(c3C)OCN(Cc3ccc(Cl)cc3Cl)C4)C2=O)c1. The van der Waals surface area contributed by atoms with Crippen LogP contribution in [0.2, 0.25) is 10.0 Å². The number of carbonyl (C=O) groups is 1. The summed E-state index contributed by atoms with van der Waals surface area (Å²) in [7, 11) is 3.16. The Morgan fingerprint density at radius 1 is 1.06 bits per heavy atom. The number of nitrogens with zero attached hydrogens (tertiary/aromatic N) is 1. The average Bonchev–Trinajstić information content (AvgIpc) is 3.16. The second-order valence-corrected chi connectivity index (χ2v) is 9.25. The predicted octanol–water partition coefficient (Wildman–Crippen LogP) is 6.29. The van der Waals surface area contributed by atoms with Crippen molar-refractivity contribution in [1.82, 2.24) is 4.90 Å². The number of ether oxygens (including phenoxy) is 4. The predicted molar refractivity (Wildman–Crippen MR) is 135 cm³/mol. The summed E-state index contributed by atoms with van der Waals surface area (Å²) in [4.78, 5) is 15.4. The molecule has 0 bridgehead atoms. The maximum atomic E-state index is 13.3. The van der Waals surface area contributed by atoms with Crippen molar-refractivity contribution >= 4 is 35.1 Å². The van der Waals surface area contributed by atoms with Crippen LogP contribution in [0.4, 0.5) is 0 Å². The molecule has 0 spiro atoms. The van der Waals surface area contributed by atoms with E-state index in [-0.39, 0.29) is 11.5 Å². The Bertz CT molecular complexity index is 1370. The van der Waals surface area contributed by atoms with E-state index in [2.05, 4.69) is 4.90 Å². The zero-order valence-electron chi connectivity index (χ0n) is 19.5.